The summed E-state index contributed by atoms with van der Waals surface area (Å²) in [5.74, 6) is 3.40. The Morgan fingerprint density at radius 1 is 0.903 bits per heavy atom. The number of phenolic OH excluding ortho intramolecular Hbond substituents is 1. The Hall–Kier alpha value is -3.79. The molecule has 2 aliphatic rings. The Kier molecular flexibility index (Phi) is 6.93. The van der Waals surface area contributed by atoms with Crippen molar-refractivity contribution in [3.05, 3.63) is 48.6 Å². The van der Waals surface area contributed by atoms with Crippen LogP contribution in [0.2, 0.25) is 0 Å². The molecule has 2 heterocycles. The maximum absolute atomic E-state index is 9.64. The van der Waals surface area contributed by atoms with Gasteiger partial charge in [0.05, 0.1) is 11.1 Å². The number of nitriles is 1. The molecule has 0 amide bonds. The van der Waals surface area contributed by atoms with Crippen LogP contribution in [0.5, 0.6) is 34.5 Å². The van der Waals surface area contributed by atoms with Crippen LogP contribution in [0.4, 0.5) is 0 Å². The fraction of sp³-hybridized carbons (Fsp3) is 0.292. The van der Waals surface area contributed by atoms with Gasteiger partial charge >= 0.3 is 0 Å². The second-order valence-corrected chi connectivity index (χ2v) is 6.95. The van der Waals surface area contributed by atoms with Gasteiger partial charge in [0.1, 0.15) is 44.0 Å². The molecule has 0 atom stereocenters. The third kappa shape index (κ3) is 4.86. The second kappa shape index (κ2) is 9.81. The lowest BCUT2D eigenvalue weighted by molar-refractivity contribution is 0.170. The van der Waals surface area contributed by atoms with Gasteiger partial charge in [0.25, 0.3) is 0 Å². The number of hydrogen-bond donors (Lipinski definition) is 1. The molecule has 0 aromatic heterocycles. The number of allylic oxidation sites excluding steroid dienone is 2. The SMILES string of the molecule is C=C(C)c1c(O)ccc2c1OCCO2.C=C(C)c1c(OCC#N)ccc2c1OCCO2. The average molecular weight is 423 g/mol. The van der Waals surface area contributed by atoms with Gasteiger partial charge < -0.3 is 28.8 Å². The first-order chi connectivity index (χ1) is 14.9. The van der Waals surface area contributed by atoms with Gasteiger partial charge in [-0.1, -0.05) is 13.2 Å². The van der Waals surface area contributed by atoms with Crippen molar-refractivity contribution in [1.82, 2.24) is 0 Å². The number of aromatic hydroxyl groups is 1. The molecule has 31 heavy (non-hydrogen) atoms. The lowest BCUT2D eigenvalue weighted by atomic mass is 10.1. The highest BCUT2D eigenvalue weighted by molar-refractivity contribution is 5.76. The number of nitrogens with zero attached hydrogens (tertiary/aromatic N) is 1. The van der Waals surface area contributed by atoms with Crippen molar-refractivity contribution < 1.29 is 28.8 Å². The minimum absolute atomic E-state index is 0.0000756. The molecule has 2 aromatic carbocycles. The number of benzene rings is 2. The van der Waals surface area contributed by atoms with Crippen molar-refractivity contribution in [3.63, 3.8) is 0 Å². The first-order valence-corrected chi connectivity index (χ1v) is 9.79. The number of ether oxygens (including phenoxy) is 5. The maximum atomic E-state index is 9.64. The Morgan fingerprint density at radius 2 is 1.42 bits per heavy atom. The molecule has 0 unspecified atom stereocenters. The second-order valence-electron chi connectivity index (χ2n) is 6.95. The molecule has 7 nitrogen and oxygen atoms in total. The zero-order valence-electron chi connectivity index (χ0n) is 17.7. The predicted octanol–water partition coefficient (Wildman–Crippen LogP) is 4.59. The minimum atomic E-state index is -0.0000756. The van der Waals surface area contributed by atoms with Crippen molar-refractivity contribution in [2.24, 2.45) is 0 Å². The van der Waals surface area contributed by atoms with Crippen LogP contribution in [0.3, 0.4) is 0 Å². The molecular formula is C24H25NO6. The highest BCUT2D eigenvalue weighted by Gasteiger charge is 2.21. The van der Waals surface area contributed by atoms with Crippen molar-refractivity contribution in [2.45, 2.75) is 13.8 Å². The third-order valence-corrected chi connectivity index (χ3v) is 4.50. The summed E-state index contributed by atoms with van der Waals surface area (Å²) < 4.78 is 27.3. The molecule has 0 bridgehead atoms. The number of phenols is 1. The average Bonchev–Trinajstić information content (AvgIpc) is 2.77. The van der Waals surface area contributed by atoms with Gasteiger partial charge in [-0.25, -0.2) is 0 Å². The van der Waals surface area contributed by atoms with E-state index in [1.165, 1.54) is 0 Å². The van der Waals surface area contributed by atoms with E-state index in [1.54, 1.807) is 24.3 Å². The standard InChI is InChI=1S/C13H13NO3.C11H12O3/c1-9(2)12-10(15-6-5-14)3-4-11-13(12)17-8-7-16-11;1-7(2)10-8(12)3-4-9-11(10)14-6-5-13-9/h3-4H,1,6-8H2,2H3;3-4,12H,1,5-6H2,2H3. The fourth-order valence-corrected chi connectivity index (χ4v) is 3.25. The molecule has 162 valence electrons. The molecule has 7 heteroatoms. The van der Waals surface area contributed by atoms with Crippen LogP contribution in [-0.2, 0) is 0 Å². The molecule has 0 radical (unpaired) electrons. The monoisotopic (exact) mass is 423 g/mol. The van der Waals surface area contributed by atoms with Crippen LogP contribution in [-0.4, -0.2) is 38.1 Å². The molecule has 2 aliphatic heterocycles. The van der Waals surface area contributed by atoms with Crippen LogP contribution >= 0.6 is 0 Å². The normalized spacial score (nSPS) is 13.2. The van der Waals surface area contributed by atoms with E-state index < -0.39 is 0 Å². The summed E-state index contributed by atoms with van der Waals surface area (Å²) in [7, 11) is 0. The fourth-order valence-electron chi connectivity index (χ4n) is 3.25. The number of hydrogen-bond acceptors (Lipinski definition) is 7. The zero-order valence-corrected chi connectivity index (χ0v) is 17.7. The lowest BCUT2D eigenvalue weighted by Gasteiger charge is -2.22. The summed E-state index contributed by atoms with van der Waals surface area (Å²) >= 11 is 0. The Morgan fingerprint density at radius 3 is 1.97 bits per heavy atom. The van der Waals surface area contributed by atoms with Gasteiger partial charge in [-0.3, -0.25) is 0 Å². The van der Waals surface area contributed by atoms with Gasteiger partial charge in [-0.2, -0.15) is 5.26 Å². The Balaban J connectivity index is 0.000000179. The van der Waals surface area contributed by atoms with E-state index in [9.17, 15) is 5.11 Å². The predicted molar refractivity (Wildman–Crippen MR) is 117 cm³/mol. The number of fused-ring (bicyclic) bond motifs is 2. The van der Waals surface area contributed by atoms with Crippen LogP contribution in [0.25, 0.3) is 11.1 Å². The molecule has 0 saturated carbocycles. The van der Waals surface area contributed by atoms with E-state index in [2.05, 4.69) is 13.2 Å². The summed E-state index contributed by atoms with van der Waals surface area (Å²) in [5, 5.41) is 18.2. The van der Waals surface area contributed by atoms with Gasteiger partial charge in [0.15, 0.2) is 29.6 Å². The highest BCUT2D eigenvalue weighted by atomic mass is 16.6. The topological polar surface area (TPSA) is 90.2 Å². The Bertz CT molecular complexity index is 1040. The van der Waals surface area contributed by atoms with Crippen molar-refractivity contribution in [1.29, 1.82) is 5.26 Å². The maximum Gasteiger partial charge on any atom is 0.174 e. The zero-order chi connectivity index (χ0) is 22.4. The van der Waals surface area contributed by atoms with Crippen LogP contribution in [0, 0.1) is 11.3 Å². The van der Waals surface area contributed by atoms with Gasteiger partial charge in [0.2, 0.25) is 0 Å². The molecule has 4 rings (SSSR count). The van der Waals surface area contributed by atoms with Gasteiger partial charge in [-0.05, 0) is 49.3 Å². The molecule has 0 aliphatic carbocycles. The van der Waals surface area contributed by atoms with Gasteiger partial charge in [-0.15, -0.1) is 0 Å². The number of rotatable bonds is 4. The van der Waals surface area contributed by atoms with E-state index in [0.717, 1.165) is 16.7 Å². The van der Waals surface area contributed by atoms with E-state index in [1.807, 2.05) is 19.9 Å². The molecule has 0 fully saturated rings. The molecular weight excluding hydrogens is 398 g/mol. The minimum Gasteiger partial charge on any atom is -0.507 e. The van der Waals surface area contributed by atoms with Crippen LogP contribution in [0.15, 0.2) is 37.4 Å². The van der Waals surface area contributed by atoms with Crippen molar-refractivity contribution in [3.8, 4) is 40.6 Å². The molecule has 0 saturated heterocycles. The first-order valence-electron chi connectivity index (χ1n) is 9.79. The largest absolute Gasteiger partial charge is 0.507 e. The summed E-state index contributed by atoms with van der Waals surface area (Å²) in [6, 6.07) is 8.80. The van der Waals surface area contributed by atoms with E-state index >= 15 is 0 Å². The smallest absolute Gasteiger partial charge is 0.174 e. The van der Waals surface area contributed by atoms with Gasteiger partial charge in [0, 0.05) is 0 Å². The van der Waals surface area contributed by atoms with Crippen molar-refractivity contribution in [2.75, 3.05) is 33.0 Å². The summed E-state index contributed by atoms with van der Waals surface area (Å²) in [4.78, 5) is 0. The van der Waals surface area contributed by atoms with E-state index in [4.69, 9.17) is 28.9 Å². The summed E-state index contributed by atoms with van der Waals surface area (Å²) in [6.45, 7) is 13.5. The van der Waals surface area contributed by atoms with E-state index in [0.29, 0.717) is 60.7 Å². The third-order valence-electron chi connectivity index (χ3n) is 4.50. The molecule has 2 aromatic rings. The molecule has 1 N–H and O–H groups in total. The lowest BCUT2D eigenvalue weighted by Crippen LogP contribution is -2.16. The van der Waals surface area contributed by atoms with Crippen molar-refractivity contribution >= 4 is 11.1 Å². The van der Waals surface area contributed by atoms with Crippen LogP contribution in [0.1, 0.15) is 25.0 Å². The van der Waals surface area contributed by atoms with E-state index in [-0.39, 0.29) is 12.4 Å². The summed E-state index contributed by atoms with van der Waals surface area (Å²) in [5.41, 5.74) is 3.00. The Labute approximate surface area is 181 Å². The first kappa shape index (κ1) is 21.9. The highest BCUT2D eigenvalue weighted by Crippen LogP contribution is 2.43. The molecule has 0 spiro atoms. The quantitative estimate of drug-likeness (QED) is 0.769. The summed E-state index contributed by atoms with van der Waals surface area (Å²) in [6.07, 6.45) is 0. The van der Waals surface area contributed by atoms with Crippen LogP contribution < -0.4 is 23.7 Å².